The molecule has 3 nitrogen and oxygen atoms in total. The standard InChI is InChI=1S/C17H18N2O/c1-10(2)12-5-7-14-13(9-12)17(20)19-15-6-4-11(3)8-16(15)18-14/h4-10,18H,1-3H3,(H,19,20). The molecule has 0 saturated carbocycles. The molecule has 0 radical (unpaired) electrons. The Bertz CT molecular complexity index is 689. The van der Waals surface area contributed by atoms with E-state index in [0.717, 1.165) is 22.6 Å². The second kappa shape index (κ2) is 4.67. The second-order valence-corrected chi connectivity index (χ2v) is 5.59. The zero-order valence-electron chi connectivity index (χ0n) is 11.9. The van der Waals surface area contributed by atoms with Crippen LogP contribution < -0.4 is 10.6 Å². The quantitative estimate of drug-likeness (QED) is 0.801. The van der Waals surface area contributed by atoms with Gasteiger partial charge >= 0.3 is 0 Å². The van der Waals surface area contributed by atoms with E-state index in [2.05, 4.69) is 30.5 Å². The second-order valence-electron chi connectivity index (χ2n) is 5.59. The van der Waals surface area contributed by atoms with Crippen molar-refractivity contribution < 1.29 is 4.79 Å². The van der Waals surface area contributed by atoms with Crippen molar-refractivity contribution >= 4 is 23.0 Å². The molecule has 3 heteroatoms. The van der Waals surface area contributed by atoms with Crippen molar-refractivity contribution in [3.8, 4) is 0 Å². The minimum atomic E-state index is -0.0578. The molecule has 1 aliphatic heterocycles. The molecule has 1 aliphatic rings. The summed E-state index contributed by atoms with van der Waals surface area (Å²) in [5, 5.41) is 6.33. The highest BCUT2D eigenvalue weighted by atomic mass is 16.1. The highest BCUT2D eigenvalue weighted by Gasteiger charge is 2.19. The van der Waals surface area contributed by atoms with E-state index in [-0.39, 0.29) is 5.91 Å². The van der Waals surface area contributed by atoms with Gasteiger partial charge in [0.05, 0.1) is 22.6 Å². The molecule has 0 spiro atoms. The molecular formula is C17H18N2O. The molecule has 0 aliphatic carbocycles. The SMILES string of the molecule is Cc1ccc2c(c1)Nc1ccc(C(C)C)cc1C(=O)N2. The maximum atomic E-state index is 12.4. The molecule has 2 aromatic carbocycles. The molecule has 0 bridgehead atoms. The zero-order chi connectivity index (χ0) is 14.3. The monoisotopic (exact) mass is 266 g/mol. The zero-order valence-corrected chi connectivity index (χ0v) is 11.9. The fourth-order valence-corrected chi connectivity index (χ4v) is 2.42. The number of hydrogen-bond donors (Lipinski definition) is 2. The van der Waals surface area contributed by atoms with Gasteiger partial charge in [0.25, 0.3) is 5.91 Å². The molecule has 1 amide bonds. The number of hydrogen-bond acceptors (Lipinski definition) is 2. The van der Waals surface area contributed by atoms with E-state index in [0.29, 0.717) is 11.5 Å². The number of amides is 1. The van der Waals surface area contributed by atoms with E-state index in [9.17, 15) is 4.79 Å². The van der Waals surface area contributed by atoms with Crippen LogP contribution in [-0.2, 0) is 0 Å². The summed E-state index contributed by atoms with van der Waals surface area (Å²) in [5.41, 5.74) is 5.65. The number of aryl methyl sites for hydroxylation is 1. The molecule has 102 valence electrons. The molecule has 0 saturated heterocycles. The lowest BCUT2D eigenvalue weighted by atomic mass is 9.99. The summed E-state index contributed by atoms with van der Waals surface area (Å²) in [7, 11) is 0. The van der Waals surface area contributed by atoms with Gasteiger partial charge in [-0.1, -0.05) is 26.0 Å². The summed E-state index contributed by atoms with van der Waals surface area (Å²) < 4.78 is 0. The highest BCUT2D eigenvalue weighted by molar-refractivity contribution is 6.12. The Morgan fingerprint density at radius 3 is 2.40 bits per heavy atom. The molecule has 3 rings (SSSR count). The Morgan fingerprint density at radius 1 is 0.900 bits per heavy atom. The van der Waals surface area contributed by atoms with Gasteiger partial charge in [-0.15, -0.1) is 0 Å². The van der Waals surface area contributed by atoms with Crippen LogP contribution in [0.3, 0.4) is 0 Å². The Labute approximate surface area is 119 Å². The molecular weight excluding hydrogens is 248 g/mol. The maximum absolute atomic E-state index is 12.4. The van der Waals surface area contributed by atoms with Crippen molar-refractivity contribution in [2.75, 3.05) is 10.6 Å². The molecule has 0 atom stereocenters. The lowest BCUT2D eigenvalue weighted by Crippen LogP contribution is -2.11. The molecule has 0 fully saturated rings. The first-order valence-corrected chi connectivity index (χ1v) is 6.87. The van der Waals surface area contributed by atoms with Crippen LogP contribution in [0, 0.1) is 6.92 Å². The van der Waals surface area contributed by atoms with Crippen LogP contribution in [0.5, 0.6) is 0 Å². The van der Waals surface area contributed by atoms with Gasteiger partial charge in [0.15, 0.2) is 0 Å². The van der Waals surface area contributed by atoms with Gasteiger partial charge in [-0.25, -0.2) is 0 Å². The Hall–Kier alpha value is -2.29. The topological polar surface area (TPSA) is 41.1 Å². The third kappa shape index (κ3) is 2.16. The summed E-state index contributed by atoms with van der Waals surface area (Å²) in [6.45, 7) is 6.29. The maximum Gasteiger partial charge on any atom is 0.257 e. The number of fused-ring (bicyclic) bond motifs is 2. The fourth-order valence-electron chi connectivity index (χ4n) is 2.42. The van der Waals surface area contributed by atoms with Gasteiger partial charge in [0.1, 0.15) is 0 Å². The number of carbonyl (C=O) groups excluding carboxylic acids is 1. The van der Waals surface area contributed by atoms with Crippen LogP contribution in [0.25, 0.3) is 0 Å². The van der Waals surface area contributed by atoms with Gasteiger partial charge in [0, 0.05) is 0 Å². The van der Waals surface area contributed by atoms with E-state index < -0.39 is 0 Å². The van der Waals surface area contributed by atoms with Crippen LogP contribution in [0.15, 0.2) is 36.4 Å². The Kier molecular flexibility index (Phi) is 2.97. The largest absolute Gasteiger partial charge is 0.353 e. The van der Waals surface area contributed by atoms with E-state index in [1.165, 1.54) is 5.56 Å². The molecule has 20 heavy (non-hydrogen) atoms. The van der Waals surface area contributed by atoms with Gasteiger partial charge in [0.2, 0.25) is 0 Å². The van der Waals surface area contributed by atoms with E-state index in [4.69, 9.17) is 0 Å². The van der Waals surface area contributed by atoms with E-state index >= 15 is 0 Å². The Balaban J connectivity index is 2.11. The summed E-state index contributed by atoms with van der Waals surface area (Å²) in [5.74, 6) is 0.346. The minimum absolute atomic E-state index is 0.0578. The average Bonchev–Trinajstić information content (AvgIpc) is 2.54. The summed E-state index contributed by atoms with van der Waals surface area (Å²) in [6, 6.07) is 12.0. The number of anilines is 3. The first kappa shape index (κ1) is 12.7. The van der Waals surface area contributed by atoms with Crippen LogP contribution in [0.4, 0.5) is 17.1 Å². The van der Waals surface area contributed by atoms with Crippen molar-refractivity contribution in [2.24, 2.45) is 0 Å². The van der Waals surface area contributed by atoms with Crippen LogP contribution in [-0.4, -0.2) is 5.91 Å². The van der Waals surface area contributed by atoms with Crippen LogP contribution >= 0.6 is 0 Å². The van der Waals surface area contributed by atoms with Crippen molar-refractivity contribution in [1.29, 1.82) is 0 Å². The first-order chi connectivity index (χ1) is 9.54. The van der Waals surface area contributed by atoms with E-state index in [1.54, 1.807) is 0 Å². The van der Waals surface area contributed by atoms with Crippen molar-refractivity contribution in [2.45, 2.75) is 26.7 Å². The average molecular weight is 266 g/mol. The van der Waals surface area contributed by atoms with E-state index in [1.807, 2.05) is 37.3 Å². The first-order valence-electron chi connectivity index (χ1n) is 6.87. The third-order valence-electron chi connectivity index (χ3n) is 3.65. The van der Waals surface area contributed by atoms with Crippen LogP contribution in [0.2, 0.25) is 0 Å². The van der Waals surface area contributed by atoms with Crippen molar-refractivity contribution in [3.63, 3.8) is 0 Å². The van der Waals surface area contributed by atoms with Gasteiger partial charge in [-0.05, 0) is 48.2 Å². The fraction of sp³-hybridized carbons (Fsp3) is 0.235. The molecule has 0 unspecified atom stereocenters. The van der Waals surface area contributed by atoms with Gasteiger partial charge in [-0.3, -0.25) is 4.79 Å². The normalized spacial score (nSPS) is 13.1. The molecule has 1 heterocycles. The number of nitrogens with one attached hydrogen (secondary N) is 2. The summed E-state index contributed by atoms with van der Waals surface area (Å²) in [6.07, 6.45) is 0. The summed E-state index contributed by atoms with van der Waals surface area (Å²) >= 11 is 0. The van der Waals surface area contributed by atoms with Gasteiger partial charge in [-0.2, -0.15) is 0 Å². The van der Waals surface area contributed by atoms with Gasteiger partial charge < -0.3 is 10.6 Å². The third-order valence-corrected chi connectivity index (χ3v) is 3.65. The minimum Gasteiger partial charge on any atom is -0.353 e. The summed E-state index contributed by atoms with van der Waals surface area (Å²) in [4.78, 5) is 12.4. The van der Waals surface area contributed by atoms with Crippen LogP contribution in [0.1, 0.15) is 41.3 Å². The van der Waals surface area contributed by atoms with Crippen molar-refractivity contribution in [3.05, 3.63) is 53.1 Å². The smallest absolute Gasteiger partial charge is 0.257 e. The lowest BCUT2D eigenvalue weighted by molar-refractivity contribution is 0.102. The number of carbonyl (C=O) groups is 1. The molecule has 0 aromatic heterocycles. The van der Waals surface area contributed by atoms with Crippen molar-refractivity contribution in [1.82, 2.24) is 0 Å². The predicted molar refractivity (Wildman–Crippen MR) is 82.9 cm³/mol. The Morgan fingerprint density at radius 2 is 1.65 bits per heavy atom. The number of benzene rings is 2. The highest BCUT2D eigenvalue weighted by Crippen LogP contribution is 2.33. The predicted octanol–water partition coefficient (Wildman–Crippen LogP) is 4.43. The molecule has 2 aromatic rings. The number of rotatable bonds is 1. The molecule has 2 N–H and O–H groups in total. The lowest BCUT2D eigenvalue weighted by Gasteiger charge is -2.11.